The normalized spacial score (nSPS) is 18.0. The smallest absolute Gasteiger partial charge is 0.317 e. The van der Waals surface area contributed by atoms with Crippen LogP contribution in [0.1, 0.15) is 45.7 Å². The largest absolute Gasteiger partial charge is 0.331 e. The molecule has 7 heteroatoms. The number of amides is 2. The van der Waals surface area contributed by atoms with Gasteiger partial charge in [0.25, 0.3) is 0 Å². The minimum atomic E-state index is -0.544. The molecule has 1 aliphatic heterocycles. The molecular weight excluding hydrogens is 364 g/mol. The van der Waals surface area contributed by atoms with Gasteiger partial charge in [-0.25, -0.2) is 9.18 Å². The minimum absolute atomic E-state index is 0.0259. The number of hydrogen-bond acceptors (Lipinski definition) is 2. The SMILES string of the molecule is CC(NC(=O)N1CCCN(C(C)(C)C)CC1)c1cc(F)c(Cl)cc1Cl. The zero-order valence-electron chi connectivity index (χ0n) is 15.2. The van der Waals surface area contributed by atoms with Crippen LogP contribution in [0.5, 0.6) is 0 Å². The molecule has 0 aromatic heterocycles. The van der Waals surface area contributed by atoms with Crippen molar-refractivity contribution in [1.29, 1.82) is 0 Å². The molecule has 2 rings (SSSR count). The van der Waals surface area contributed by atoms with Gasteiger partial charge in [-0.15, -0.1) is 0 Å². The molecule has 0 bridgehead atoms. The van der Waals surface area contributed by atoms with Crippen molar-refractivity contribution in [3.63, 3.8) is 0 Å². The molecule has 1 aromatic carbocycles. The van der Waals surface area contributed by atoms with Gasteiger partial charge >= 0.3 is 6.03 Å². The van der Waals surface area contributed by atoms with Crippen molar-refractivity contribution in [2.24, 2.45) is 0 Å². The summed E-state index contributed by atoms with van der Waals surface area (Å²) in [4.78, 5) is 16.8. The van der Waals surface area contributed by atoms with Gasteiger partial charge in [0.1, 0.15) is 5.82 Å². The first-order chi connectivity index (χ1) is 11.6. The number of halogens is 3. The molecule has 4 nitrogen and oxygen atoms in total. The standard InChI is InChI=1S/C18H26Cl2FN3O/c1-12(13-10-16(21)15(20)11-14(13)19)22-17(25)23-6-5-7-24(9-8-23)18(2,3)4/h10-12H,5-9H2,1-4H3,(H,22,25). The summed E-state index contributed by atoms with van der Waals surface area (Å²) in [6.45, 7) is 11.5. The van der Waals surface area contributed by atoms with E-state index in [1.165, 1.54) is 12.1 Å². The molecule has 1 N–H and O–H groups in total. The van der Waals surface area contributed by atoms with E-state index in [1.54, 1.807) is 6.92 Å². The first kappa shape index (κ1) is 20.3. The molecule has 1 aliphatic rings. The van der Waals surface area contributed by atoms with Crippen molar-refractivity contribution in [1.82, 2.24) is 15.1 Å². The van der Waals surface area contributed by atoms with Crippen LogP contribution < -0.4 is 5.32 Å². The molecule has 2 amide bonds. The van der Waals surface area contributed by atoms with Crippen molar-refractivity contribution < 1.29 is 9.18 Å². The van der Waals surface area contributed by atoms with Gasteiger partial charge in [-0.05, 0) is 51.8 Å². The van der Waals surface area contributed by atoms with Gasteiger partial charge in [-0.1, -0.05) is 23.2 Å². The fraction of sp³-hybridized carbons (Fsp3) is 0.611. The lowest BCUT2D eigenvalue weighted by atomic mass is 10.1. The average molecular weight is 390 g/mol. The third-order valence-electron chi connectivity index (χ3n) is 4.58. The van der Waals surface area contributed by atoms with Crippen LogP contribution in [0.2, 0.25) is 10.0 Å². The van der Waals surface area contributed by atoms with Gasteiger partial charge in [0, 0.05) is 36.7 Å². The summed E-state index contributed by atoms with van der Waals surface area (Å²) in [6.07, 6.45) is 0.926. The van der Waals surface area contributed by atoms with Gasteiger partial charge in [-0.3, -0.25) is 4.90 Å². The maximum absolute atomic E-state index is 13.7. The van der Waals surface area contributed by atoms with Crippen LogP contribution in [0.25, 0.3) is 0 Å². The lowest BCUT2D eigenvalue weighted by Crippen LogP contribution is -2.46. The second kappa shape index (κ2) is 8.11. The van der Waals surface area contributed by atoms with Crippen molar-refractivity contribution in [2.45, 2.75) is 45.7 Å². The number of urea groups is 1. The van der Waals surface area contributed by atoms with E-state index in [2.05, 4.69) is 31.0 Å². The Kier molecular flexibility index (Phi) is 6.57. The van der Waals surface area contributed by atoms with E-state index in [9.17, 15) is 9.18 Å². The van der Waals surface area contributed by atoms with E-state index in [-0.39, 0.29) is 16.6 Å². The summed E-state index contributed by atoms with van der Waals surface area (Å²) in [6, 6.07) is 2.08. The molecule has 1 fully saturated rings. The molecule has 1 saturated heterocycles. The molecule has 140 valence electrons. The number of nitrogens with zero attached hydrogens (tertiary/aromatic N) is 2. The molecule has 1 aromatic rings. The zero-order valence-corrected chi connectivity index (χ0v) is 16.7. The van der Waals surface area contributed by atoms with Gasteiger partial charge in [0.05, 0.1) is 11.1 Å². The lowest BCUT2D eigenvalue weighted by molar-refractivity contribution is 0.141. The Balaban J connectivity index is 2.01. The van der Waals surface area contributed by atoms with Crippen molar-refractivity contribution in [3.05, 3.63) is 33.6 Å². The zero-order chi connectivity index (χ0) is 18.8. The van der Waals surface area contributed by atoms with Crippen LogP contribution >= 0.6 is 23.2 Å². The number of hydrogen-bond donors (Lipinski definition) is 1. The minimum Gasteiger partial charge on any atom is -0.331 e. The highest BCUT2D eigenvalue weighted by Crippen LogP contribution is 2.28. The van der Waals surface area contributed by atoms with Crippen LogP contribution in [0.15, 0.2) is 12.1 Å². The van der Waals surface area contributed by atoms with Crippen LogP contribution in [0.4, 0.5) is 9.18 Å². The number of carbonyl (C=O) groups excluding carboxylic acids is 1. The fourth-order valence-electron chi connectivity index (χ4n) is 3.02. The second-order valence-corrected chi connectivity index (χ2v) is 8.27. The summed E-state index contributed by atoms with van der Waals surface area (Å²) in [5.41, 5.74) is 0.608. The summed E-state index contributed by atoms with van der Waals surface area (Å²) >= 11 is 11.9. The van der Waals surface area contributed by atoms with Crippen LogP contribution in [-0.4, -0.2) is 47.5 Å². The highest BCUT2D eigenvalue weighted by molar-refractivity contribution is 6.35. The van der Waals surface area contributed by atoms with Gasteiger partial charge < -0.3 is 10.2 Å². The Morgan fingerprint density at radius 2 is 1.84 bits per heavy atom. The van der Waals surface area contributed by atoms with Gasteiger partial charge in [0.15, 0.2) is 0 Å². The molecule has 0 radical (unpaired) electrons. The number of rotatable bonds is 2. The highest BCUT2D eigenvalue weighted by atomic mass is 35.5. The number of carbonyl (C=O) groups is 1. The highest BCUT2D eigenvalue weighted by Gasteiger charge is 2.26. The summed E-state index contributed by atoms with van der Waals surface area (Å²) in [5, 5.41) is 3.22. The quantitative estimate of drug-likeness (QED) is 0.743. The third-order valence-corrected chi connectivity index (χ3v) is 5.19. The Bertz CT molecular complexity index is 633. The van der Waals surface area contributed by atoms with E-state index in [0.29, 0.717) is 23.7 Å². The van der Waals surface area contributed by atoms with E-state index >= 15 is 0 Å². The van der Waals surface area contributed by atoms with Crippen molar-refractivity contribution in [2.75, 3.05) is 26.2 Å². The fourth-order valence-corrected chi connectivity index (χ4v) is 3.56. The second-order valence-electron chi connectivity index (χ2n) is 7.46. The summed E-state index contributed by atoms with van der Waals surface area (Å²) in [7, 11) is 0. The van der Waals surface area contributed by atoms with Crippen LogP contribution in [0, 0.1) is 5.82 Å². The Labute approximate surface area is 159 Å². The first-order valence-electron chi connectivity index (χ1n) is 8.54. The monoisotopic (exact) mass is 389 g/mol. The van der Waals surface area contributed by atoms with E-state index in [0.717, 1.165) is 19.5 Å². The summed E-state index contributed by atoms with van der Waals surface area (Å²) in [5.74, 6) is -0.544. The van der Waals surface area contributed by atoms with Crippen molar-refractivity contribution >= 4 is 29.2 Å². The molecule has 1 heterocycles. The van der Waals surface area contributed by atoms with E-state index in [4.69, 9.17) is 23.2 Å². The lowest BCUT2D eigenvalue weighted by Gasteiger charge is -2.34. The van der Waals surface area contributed by atoms with Gasteiger partial charge in [0.2, 0.25) is 0 Å². The molecule has 0 saturated carbocycles. The molecular formula is C18H26Cl2FN3O. The molecule has 0 aliphatic carbocycles. The van der Waals surface area contributed by atoms with E-state index < -0.39 is 11.9 Å². The first-order valence-corrected chi connectivity index (χ1v) is 9.30. The average Bonchev–Trinajstić information content (AvgIpc) is 2.76. The van der Waals surface area contributed by atoms with Crippen LogP contribution in [-0.2, 0) is 0 Å². The number of benzene rings is 1. The van der Waals surface area contributed by atoms with Crippen LogP contribution in [0.3, 0.4) is 0 Å². The molecule has 1 unspecified atom stereocenters. The van der Waals surface area contributed by atoms with Gasteiger partial charge in [-0.2, -0.15) is 0 Å². The molecule has 1 atom stereocenters. The third kappa shape index (κ3) is 5.22. The molecule has 25 heavy (non-hydrogen) atoms. The maximum atomic E-state index is 13.7. The Hall–Kier alpha value is -1.04. The Morgan fingerprint density at radius 3 is 2.48 bits per heavy atom. The van der Waals surface area contributed by atoms with E-state index in [1.807, 2.05) is 4.90 Å². The maximum Gasteiger partial charge on any atom is 0.317 e. The Morgan fingerprint density at radius 1 is 1.16 bits per heavy atom. The predicted octanol–water partition coefficient (Wildman–Crippen LogP) is 4.71. The topological polar surface area (TPSA) is 35.6 Å². The molecule has 0 spiro atoms. The number of nitrogens with one attached hydrogen (secondary N) is 1. The van der Waals surface area contributed by atoms with Crippen molar-refractivity contribution in [3.8, 4) is 0 Å². The summed E-state index contributed by atoms with van der Waals surface area (Å²) < 4.78 is 13.7. The predicted molar refractivity (Wildman–Crippen MR) is 101 cm³/mol.